The summed E-state index contributed by atoms with van der Waals surface area (Å²) in [5, 5.41) is 8.27. The molecule has 1 aliphatic rings. The van der Waals surface area contributed by atoms with Gasteiger partial charge in [0.15, 0.2) is 5.75 Å². The Morgan fingerprint density at radius 2 is 1.93 bits per heavy atom. The Labute approximate surface area is 91.1 Å². The van der Waals surface area contributed by atoms with Crippen LogP contribution in [-0.4, -0.2) is 45.2 Å². The molecule has 0 aliphatic carbocycles. The van der Waals surface area contributed by atoms with E-state index in [1.54, 1.807) is 6.07 Å². The minimum absolute atomic E-state index is 0.407. The Kier molecular flexibility index (Phi) is 5.02. The maximum absolute atomic E-state index is 11.1. The molecular formula is C9H17N3O2S. The smallest absolute Gasteiger partial charge is 0.225 e. The van der Waals surface area contributed by atoms with Crippen LogP contribution in [0.1, 0.15) is 19.3 Å². The highest BCUT2D eigenvalue weighted by atomic mass is 32.2. The molecule has 1 fully saturated rings. The molecule has 1 saturated heterocycles. The third kappa shape index (κ3) is 5.11. The van der Waals surface area contributed by atoms with Crippen LogP contribution in [0.25, 0.3) is 0 Å². The highest BCUT2D eigenvalue weighted by Gasteiger charge is 2.12. The van der Waals surface area contributed by atoms with Crippen molar-refractivity contribution in [2.75, 3.05) is 31.9 Å². The van der Waals surface area contributed by atoms with E-state index in [-0.39, 0.29) is 0 Å². The van der Waals surface area contributed by atoms with Crippen LogP contribution < -0.4 is 4.72 Å². The van der Waals surface area contributed by atoms with Gasteiger partial charge in [0.25, 0.3) is 0 Å². The lowest BCUT2D eigenvalue weighted by molar-refractivity contribution is 0.233. The van der Waals surface area contributed by atoms with Crippen LogP contribution in [-0.2, 0) is 10.0 Å². The summed E-state index contributed by atoms with van der Waals surface area (Å²) in [6.45, 7) is 3.26. The second kappa shape index (κ2) is 6.05. The third-order valence-electron chi connectivity index (χ3n) is 2.45. The Bertz CT molecular complexity index is 315. The first-order chi connectivity index (χ1) is 7.14. The summed E-state index contributed by atoms with van der Waals surface area (Å²) in [5.41, 5.74) is 0. The van der Waals surface area contributed by atoms with Gasteiger partial charge in [0.1, 0.15) is 0 Å². The fourth-order valence-corrected chi connectivity index (χ4v) is 2.35. The van der Waals surface area contributed by atoms with Gasteiger partial charge in [0, 0.05) is 13.1 Å². The standard InChI is InChI=1S/C9H17N3O2S/c10-4-9-15(13,14)11-5-8-12-6-2-1-3-7-12/h11H,1-3,5-9H2. The molecule has 6 heteroatoms. The Morgan fingerprint density at radius 1 is 1.27 bits per heavy atom. The van der Waals surface area contributed by atoms with Crippen molar-refractivity contribution in [1.29, 1.82) is 5.26 Å². The number of likely N-dealkylation sites (tertiary alicyclic amines) is 1. The molecule has 0 atom stereocenters. The maximum Gasteiger partial charge on any atom is 0.225 e. The number of piperidine rings is 1. The van der Waals surface area contributed by atoms with Gasteiger partial charge in [-0.15, -0.1) is 0 Å². The van der Waals surface area contributed by atoms with Gasteiger partial charge in [-0.05, 0) is 25.9 Å². The number of nitrogens with zero attached hydrogens (tertiary/aromatic N) is 2. The predicted octanol–water partition coefficient (Wildman–Crippen LogP) is -0.0847. The SMILES string of the molecule is N#CCS(=O)(=O)NCCN1CCCCC1. The molecule has 0 bridgehead atoms. The highest BCUT2D eigenvalue weighted by Crippen LogP contribution is 2.07. The van der Waals surface area contributed by atoms with Gasteiger partial charge in [-0.1, -0.05) is 6.42 Å². The average Bonchev–Trinajstić information content (AvgIpc) is 2.19. The molecule has 0 amide bonds. The number of nitriles is 1. The molecule has 0 aromatic rings. The highest BCUT2D eigenvalue weighted by molar-refractivity contribution is 7.89. The molecule has 1 rings (SSSR count). The molecule has 1 N–H and O–H groups in total. The molecule has 1 aliphatic heterocycles. The topological polar surface area (TPSA) is 73.2 Å². The zero-order chi connectivity index (χ0) is 11.1. The molecule has 0 aromatic carbocycles. The Morgan fingerprint density at radius 3 is 2.53 bits per heavy atom. The predicted molar refractivity (Wildman–Crippen MR) is 57.7 cm³/mol. The number of sulfonamides is 1. The first kappa shape index (κ1) is 12.4. The largest absolute Gasteiger partial charge is 0.302 e. The second-order valence-electron chi connectivity index (χ2n) is 3.71. The fraction of sp³-hybridized carbons (Fsp3) is 0.889. The minimum atomic E-state index is -3.37. The van der Waals surface area contributed by atoms with Crippen LogP contribution in [0.5, 0.6) is 0 Å². The van der Waals surface area contributed by atoms with Crippen molar-refractivity contribution in [3.63, 3.8) is 0 Å². The molecule has 0 unspecified atom stereocenters. The second-order valence-corrected chi connectivity index (χ2v) is 5.52. The zero-order valence-electron chi connectivity index (χ0n) is 8.78. The third-order valence-corrected chi connectivity index (χ3v) is 3.61. The average molecular weight is 231 g/mol. The van der Waals surface area contributed by atoms with Crippen LogP contribution in [0.3, 0.4) is 0 Å². The fourth-order valence-electron chi connectivity index (χ4n) is 1.68. The lowest BCUT2D eigenvalue weighted by Gasteiger charge is -2.26. The zero-order valence-corrected chi connectivity index (χ0v) is 9.59. The van der Waals surface area contributed by atoms with Crippen molar-refractivity contribution in [1.82, 2.24) is 9.62 Å². The number of rotatable bonds is 5. The van der Waals surface area contributed by atoms with Gasteiger partial charge in [-0.25, -0.2) is 13.1 Å². The quantitative estimate of drug-likeness (QED) is 0.718. The Hall–Kier alpha value is -0.640. The van der Waals surface area contributed by atoms with E-state index in [4.69, 9.17) is 5.26 Å². The molecule has 0 spiro atoms. The van der Waals surface area contributed by atoms with Gasteiger partial charge in [-0.3, -0.25) is 0 Å². The summed E-state index contributed by atoms with van der Waals surface area (Å²) in [7, 11) is -3.37. The monoisotopic (exact) mass is 231 g/mol. The summed E-state index contributed by atoms with van der Waals surface area (Å²) in [4.78, 5) is 2.25. The minimum Gasteiger partial charge on any atom is -0.302 e. The lowest BCUT2D eigenvalue weighted by Crippen LogP contribution is -2.38. The molecular weight excluding hydrogens is 214 g/mol. The summed E-state index contributed by atoms with van der Waals surface area (Å²) in [5.74, 6) is -0.451. The van der Waals surface area contributed by atoms with E-state index >= 15 is 0 Å². The molecule has 0 radical (unpaired) electrons. The molecule has 15 heavy (non-hydrogen) atoms. The van der Waals surface area contributed by atoms with Gasteiger partial charge in [-0.2, -0.15) is 5.26 Å². The van der Waals surface area contributed by atoms with E-state index in [1.807, 2.05) is 0 Å². The van der Waals surface area contributed by atoms with Crippen LogP contribution in [0.4, 0.5) is 0 Å². The normalized spacial score (nSPS) is 18.6. The van der Waals surface area contributed by atoms with Crippen molar-refractivity contribution in [2.24, 2.45) is 0 Å². The van der Waals surface area contributed by atoms with E-state index in [0.29, 0.717) is 6.54 Å². The molecule has 0 aromatic heterocycles. The van der Waals surface area contributed by atoms with Gasteiger partial charge >= 0.3 is 0 Å². The first-order valence-electron chi connectivity index (χ1n) is 5.21. The molecule has 5 nitrogen and oxygen atoms in total. The molecule has 86 valence electrons. The lowest BCUT2D eigenvalue weighted by atomic mass is 10.1. The van der Waals surface area contributed by atoms with E-state index in [1.165, 1.54) is 19.3 Å². The van der Waals surface area contributed by atoms with Gasteiger partial charge < -0.3 is 4.90 Å². The van der Waals surface area contributed by atoms with Crippen LogP contribution in [0, 0.1) is 11.3 Å². The van der Waals surface area contributed by atoms with Crippen molar-refractivity contribution < 1.29 is 8.42 Å². The number of nitrogens with one attached hydrogen (secondary N) is 1. The molecule has 1 heterocycles. The first-order valence-corrected chi connectivity index (χ1v) is 6.86. The summed E-state index contributed by atoms with van der Waals surface area (Å²) in [6.07, 6.45) is 3.67. The summed E-state index contributed by atoms with van der Waals surface area (Å²) >= 11 is 0. The van der Waals surface area contributed by atoms with Crippen molar-refractivity contribution in [2.45, 2.75) is 19.3 Å². The van der Waals surface area contributed by atoms with E-state index in [0.717, 1.165) is 19.6 Å². The Balaban J connectivity index is 2.18. The van der Waals surface area contributed by atoms with Gasteiger partial charge in [0.2, 0.25) is 10.0 Å². The number of hydrogen-bond acceptors (Lipinski definition) is 4. The maximum atomic E-state index is 11.1. The number of hydrogen-bond donors (Lipinski definition) is 1. The van der Waals surface area contributed by atoms with E-state index in [9.17, 15) is 8.42 Å². The van der Waals surface area contributed by atoms with Crippen molar-refractivity contribution in [3.05, 3.63) is 0 Å². The summed E-state index contributed by atoms with van der Waals surface area (Å²) in [6, 6.07) is 1.63. The summed E-state index contributed by atoms with van der Waals surface area (Å²) < 4.78 is 24.7. The van der Waals surface area contributed by atoms with Crippen LogP contribution in [0.15, 0.2) is 0 Å². The molecule has 0 saturated carbocycles. The van der Waals surface area contributed by atoms with E-state index < -0.39 is 15.8 Å². The van der Waals surface area contributed by atoms with Crippen LogP contribution >= 0.6 is 0 Å². The van der Waals surface area contributed by atoms with Crippen LogP contribution in [0.2, 0.25) is 0 Å². The van der Waals surface area contributed by atoms with E-state index in [2.05, 4.69) is 9.62 Å². The van der Waals surface area contributed by atoms with Crippen molar-refractivity contribution >= 4 is 10.0 Å². The van der Waals surface area contributed by atoms with Crippen molar-refractivity contribution in [3.8, 4) is 6.07 Å². The van der Waals surface area contributed by atoms with Gasteiger partial charge in [0.05, 0.1) is 6.07 Å².